The number of nitrogens with zero attached hydrogens (tertiary/aromatic N) is 2. The standard InChI is InChI=1S/C10H18N2O4S/c1-7(4-14-3)15-5-9(13)6-17-10-12-11-8(2)16-10/h7,9,13H,4-6H2,1-3H3. The van der Waals surface area contributed by atoms with Crippen molar-refractivity contribution < 1.29 is 19.0 Å². The Balaban J connectivity index is 2.14. The van der Waals surface area contributed by atoms with Gasteiger partial charge in [-0.3, -0.25) is 0 Å². The van der Waals surface area contributed by atoms with Crippen LogP contribution in [-0.2, 0) is 9.47 Å². The van der Waals surface area contributed by atoms with E-state index in [1.165, 1.54) is 11.8 Å². The monoisotopic (exact) mass is 262 g/mol. The van der Waals surface area contributed by atoms with E-state index in [1.54, 1.807) is 14.0 Å². The highest BCUT2D eigenvalue weighted by Gasteiger charge is 2.11. The van der Waals surface area contributed by atoms with Crippen molar-refractivity contribution in [2.75, 3.05) is 26.1 Å². The Bertz CT molecular complexity index is 321. The summed E-state index contributed by atoms with van der Waals surface area (Å²) in [6.07, 6.45) is -0.586. The first-order valence-corrected chi connectivity index (χ1v) is 6.32. The molecule has 0 radical (unpaired) electrons. The number of thioether (sulfide) groups is 1. The van der Waals surface area contributed by atoms with Gasteiger partial charge >= 0.3 is 0 Å². The van der Waals surface area contributed by atoms with Crippen molar-refractivity contribution >= 4 is 11.8 Å². The van der Waals surface area contributed by atoms with Gasteiger partial charge in [0.1, 0.15) is 0 Å². The third kappa shape index (κ3) is 6.02. The lowest BCUT2D eigenvalue weighted by atomic mass is 10.4. The maximum atomic E-state index is 9.66. The quantitative estimate of drug-likeness (QED) is 0.697. The number of aromatic nitrogens is 2. The van der Waals surface area contributed by atoms with E-state index in [0.717, 1.165) is 0 Å². The molecule has 0 saturated heterocycles. The minimum atomic E-state index is -0.563. The van der Waals surface area contributed by atoms with Gasteiger partial charge in [0.15, 0.2) is 0 Å². The van der Waals surface area contributed by atoms with Gasteiger partial charge in [-0.05, 0) is 6.92 Å². The number of aryl methyl sites for hydroxylation is 1. The van der Waals surface area contributed by atoms with Crippen molar-refractivity contribution in [3.8, 4) is 0 Å². The van der Waals surface area contributed by atoms with Gasteiger partial charge in [-0.25, -0.2) is 0 Å². The predicted molar refractivity (Wildman–Crippen MR) is 63.1 cm³/mol. The average molecular weight is 262 g/mol. The number of ether oxygens (including phenoxy) is 2. The minimum absolute atomic E-state index is 0.0229. The van der Waals surface area contributed by atoms with E-state index in [4.69, 9.17) is 13.9 Å². The maximum Gasteiger partial charge on any atom is 0.276 e. The van der Waals surface area contributed by atoms with Gasteiger partial charge in [0, 0.05) is 19.8 Å². The minimum Gasteiger partial charge on any atom is -0.416 e. The molecule has 1 N–H and O–H groups in total. The van der Waals surface area contributed by atoms with Crippen LogP contribution in [-0.4, -0.2) is 53.6 Å². The van der Waals surface area contributed by atoms with Crippen LogP contribution in [0.4, 0.5) is 0 Å². The number of hydrogen-bond donors (Lipinski definition) is 1. The van der Waals surface area contributed by atoms with Crippen LogP contribution in [0.15, 0.2) is 9.64 Å². The van der Waals surface area contributed by atoms with Crippen LogP contribution in [0.25, 0.3) is 0 Å². The van der Waals surface area contributed by atoms with Crippen molar-refractivity contribution in [3.63, 3.8) is 0 Å². The molecule has 0 bridgehead atoms. The lowest BCUT2D eigenvalue weighted by Gasteiger charge is -2.14. The molecule has 1 aromatic rings. The molecular weight excluding hydrogens is 244 g/mol. The Morgan fingerprint density at radius 2 is 2.18 bits per heavy atom. The molecule has 1 rings (SSSR count). The Morgan fingerprint density at radius 3 is 2.76 bits per heavy atom. The average Bonchev–Trinajstić information content (AvgIpc) is 2.70. The van der Waals surface area contributed by atoms with Gasteiger partial charge in [-0.1, -0.05) is 11.8 Å². The van der Waals surface area contributed by atoms with Gasteiger partial charge in [-0.15, -0.1) is 10.2 Å². The molecule has 2 atom stereocenters. The van der Waals surface area contributed by atoms with E-state index < -0.39 is 6.10 Å². The molecule has 0 aromatic carbocycles. The summed E-state index contributed by atoms with van der Waals surface area (Å²) in [5, 5.41) is 17.6. The van der Waals surface area contributed by atoms with E-state index in [9.17, 15) is 5.11 Å². The summed E-state index contributed by atoms with van der Waals surface area (Å²) in [4.78, 5) is 0. The van der Waals surface area contributed by atoms with Crippen LogP contribution in [0, 0.1) is 6.92 Å². The van der Waals surface area contributed by atoms with Crippen molar-refractivity contribution in [2.45, 2.75) is 31.3 Å². The van der Waals surface area contributed by atoms with Gasteiger partial charge in [0.05, 0.1) is 25.4 Å². The molecule has 7 heteroatoms. The molecule has 0 fully saturated rings. The summed E-state index contributed by atoms with van der Waals surface area (Å²) in [6, 6.07) is 0. The van der Waals surface area contributed by atoms with Crippen LogP contribution in [0.3, 0.4) is 0 Å². The Kier molecular flexibility index (Phi) is 6.49. The van der Waals surface area contributed by atoms with E-state index >= 15 is 0 Å². The van der Waals surface area contributed by atoms with Crippen molar-refractivity contribution in [1.82, 2.24) is 10.2 Å². The highest BCUT2D eigenvalue weighted by Crippen LogP contribution is 2.16. The van der Waals surface area contributed by atoms with Crippen molar-refractivity contribution in [1.29, 1.82) is 0 Å². The molecule has 6 nitrogen and oxygen atoms in total. The number of aliphatic hydroxyl groups excluding tert-OH is 1. The fourth-order valence-corrected chi connectivity index (χ4v) is 1.82. The Hall–Kier alpha value is -0.630. The second kappa shape index (κ2) is 7.65. The molecule has 1 heterocycles. The topological polar surface area (TPSA) is 77.6 Å². The van der Waals surface area contributed by atoms with Gasteiger partial charge in [0.2, 0.25) is 5.89 Å². The second-order valence-electron chi connectivity index (χ2n) is 3.65. The van der Waals surface area contributed by atoms with Gasteiger partial charge in [-0.2, -0.15) is 0 Å². The molecule has 17 heavy (non-hydrogen) atoms. The molecule has 1 aromatic heterocycles. The third-order valence-corrected chi connectivity index (χ3v) is 2.84. The Labute approximate surface area is 105 Å². The largest absolute Gasteiger partial charge is 0.416 e. The number of methoxy groups -OCH3 is 1. The fraction of sp³-hybridized carbons (Fsp3) is 0.800. The first-order valence-electron chi connectivity index (χ1n) is 5.33. The molecule has 98 valence electrons. The molecule has 0 saturated carbocycles. The van der Waals surface area contributed by atoms with Crippen LogP contribution in [0.2, 0.25) is 0 Å². The van der Waals surface area contributed by atoms with Gasteiger partial charge in [0.25, 0.3) is 5.22 Å². The van der Waals surface area contributed by atoms with E-state index in [2.05, 4.69) is 10.2 Å². The summed E-state index contributed by atoms with van der Waals surface area (Å²) in [5.74, 6) is 0.980. The summed E-state index contributed by atoms with van der Waals surface area (Å²) in [7, 11) is 1.62. The number of rotatable bonds is 8. The van der Waals surface area contributed by atoms with Crippen molar-refractivity contribution in [2.24, 2.45) is 0 Å². The SMILES string of the molecule is COCC(C)OCC(O)CSc1nnc(C)o1. The lowest BCUT2D eigenvalue weighted by Crippen LogP contribution is -2.24. The number of aliphatic hydroxyl groups is 1. The van der Waals surface area contributed by atoms with E-state index in [0.29, 0.717) is 23.5 Å². The van der Waals surface area contributed by atoms with Crippen LogP contribution < -0.4 is 0 Å². The highest BCUT2D eigenvalue weighted by atomic mass is 32.2. The first-order chi connectivity index (χ1) is 8.11. The highest BCUT2D eigenvalue weighted by molar-refractivity contribution is 7.99. The zero-order valence-corrected chi connectivity index (χ0v) is 11.1. The smallest absolute Gasteiger partial charge is 0.276 e. The van der Waals surface area contributed by atoms with E-state index in [-0.39, 0.29) is 12.7 Å². The van der Waals surface area contributed by atoms with Crippen molar-refractivity contribution in [3.05, 3.63) is 5.89 Å². The summed E-state index contributed by atoms with van der Waals surface area (Å²) < 4.78 is 15.5. The summed E-state index contributed by atoms with van der Waals surface area (Å²) >= 11 is 1.31. The molecule has 0 aliphatic heterocycles. The molecule has 0 amide bonds. The third-order valence-electron chi connectivity index (χ3n) is 1.88. The zero-order valence-electron chi connectivity index (χ0n) is 10.3. The first kappa shape index (κ1) is 14.4. The Morgan fingerprint density at radius 1 is 1.41 bits per heavy atom. The molecule has 2 unspecified atom stereocenters. The normalized spacial score (nSPS) is 14.8. The van der Waals surface area contributed by atoms with Gasteiger partial charge < -0.3 is 19.0 Å². The fourth-order valence-electron chi connectivity index (χ4n) is 1.11. The number of hydrogen-bond acceptors (Lipinski definition) is 7. The molecule has 0 aliphatic carbocycles. The molecule has 0 aliphatic rings. The van der Waals surface area contributed by atoms with Crippen LogP contribution in [0.1, 0.15) is 12.8 Å². The lowest BCUT2D eigenvalue weighted by molar-refractivity contribution is -0.0257. The van der Waals surface area contributed by atoms with Crippen LogP contribution >= 0.6 is 11.8 Å². The molecular formula is C10H18N2O4S. The summed E-state index contributed by atoms with van der Waals surface area (Å²) in [5.41, 5.74) is 0. The summed E-state index contributed by atoms with van der Waals surface area (Å²) in [6.45, 7) is 4.40. The zero-order chi connectivity index (χ0) is 12.7. The van der Waals surface area contributed by atoms with Crippen LogP contribution in [0.5, 0.6) is 0 Å². The maximum absolute atomic E-state index is 9.66. The second-order valence-corrected chi connectivity index (χ2v) is 4.62. The van der Waals surface area contributed by atoms with E-state index in [1.807, 2.05) is 6.92 Å². The molecule has 0 spiro atoms. The predicted octanol–water partition coefficient (Wildman–Crippen LogP) is 0.883.